The molecule has 0 aliphatic heterocycles. The molecule has 0 radical (unpaired) electrons. The second-order valence-corrected chi connectivity index (χ2v) is 5.58. The van der Waals surface area contributed by atoms with Crippen LogP contribution in [0.5, 0.6) is 5.75 Å². The summed E-state index contributed by atoms with van der Waals surface area (Å²) in [5.41, 5.74) is 1.89. The number of pyridine rings is 1. The molecule has 25 heavy (non-hydrogen) atoms. The molecule has 122 valence electrons. The first-order valence-electron chi connectivity index (χ1n) is 7.84. The average Bonchev–Trinajstić information content (AvgIpc) is 2.69. The number of benzene rings is 2. The van der Waals surface area contributed by atoms with E-state index in [1.54, 1.807) is 31.6 Å². The maximum absolute atomic E-state index is 12.7. The number of methoxy groups -OCH3 is 1. The summed E-state index contributed by atoms with van der Waals surface area (Å²) < 4.78 is 6.50. The second-order valence-electron chi connectivity index (χ2n) is 5.58. The summed E-state index contributed by atoms with van der Waals surface area (Å²) in [4.78, 5) is 16.9. The Kier molecular flexibility index (Phi) is 3.74. The molecule has 0 aliphatic rings. The third-order valence-corrected chi connectivity index (χ3v) is 4.08. The molecule has 2 aromatic carbocycles. The minimum atomic E-state index is -0.183. The first-order chi connectivity index (χ1) is 12.3. The highest BCUT2D eigenvalue weighted by atomic mass is 16.5. The second kappa shape index (κ2) is 6.20. The van der Waals surface area contributed by atoms with Gasteiger partial charge in [0.25, 0.3) is 5.56 Å². The normalized spacial score (nSPS) is 10.8. The first-order valence-corrected chi connectivity index (χ1v) is 7.84. The number of hydrogen-bond donors (Lipinski definition) is 0. The Balaban J connectivity index is 1.81. The monoisotopic (exact) mass is 329 g/mol. The molecular weight excluding hydrogens is 314 g/mol. The van der Waals surface area contributed by atoms with Crippen molar-refractivity contribution < 1.29 is 4.74 Å². The molecule has 0 unspecified atom stereocenters. The van der Waals surface area contributed by atoms with E-state index in [9.17, 15) is 4.79 Å². The maximum Gasteiger partial charge on any atom is 0.280 e. The Morgan fingerprint density at radius 1 is 0.960 bits per heavy atom. The number of ether oxygens (including phenoxy) is 1. The van der Waals surface area contributed by atoms with Crippen LogP contribution in [0.1, 0.15) is 0 Å². The third-order valence-electron chi connectivity index (χ3n) is 4.08. The van der Waals surface area contributed by atoms with Crippen LogP contribution in [0.3, 0.4) is 0 Å². The van der Waals surface area contributed by atoms with Gasteiger partial charge in [-0.2, -0.15) is 9.78 Å². The lowest BCUT2D eigenvalue weighted by atomic mass is 10.0. The van der Waals surface area contributed by atoms with Crippen molar-refractivity contribution in [1.82, 2.24) is 14.8 Å². The Labute approximate surface area is 144 Å². The van der Waals surface area contributed by atoms with Gasteiger partial charge in [-0.3, -0.25) is 4.79 Å². The Bertz CT molecular complexity index is 1090. The summed E-state index contributed by atoms with van der Waals surface area (Å²) in [5, 5.41) is 5.67. The van der Waals surface area contributed by atoms with Crippen molar-refractivity contribution in [2.24, 2.45) is 0 Å². The molecule has 0 aliphatic carbocycles. The largest absolute Gasteiger partial charge is 0.497 e. The van der Waals surface area contributed by atoms with Crippen LogP contribution in [0, 0.1) is 0 Å². The quantitative estimate of drug-likeness (QED) is 0.577. The lowest BCUT2D eigenvalue weighted by Crippen LogP contribution is -2.21. The molecule has 0 saturated heterocycles. The fourth-order valence-electron chi connectivity index (χ4n) is 2.76. The van der Waals surface area contributed by atoms with E-state index in [1.807, 2.05) is 48.5 Å². The molecule has 0 fully saturated rings. The van der Waals surface area contributed by atoms with Crippen molar-refractivity contribution >= 4 is 10.8 Å². The Hall–Kier alpha value is -3.47. The molecule has 0 N–H and O–H groups in total. The lowest BCUT2D eigenvalue weighted by molar-refractivity contribution is 0.415. The van der Waals surface area contributed by atoms with Crippen LogP contribution in [0.4, 0.5) is 0 Å². The predicted octanol–water partition coefficient (Wildman–Crippen LogP) is 3.46. The minimum Gasteiger partial charge on any atom is -0.497 e. The van der Waals surface area contributed by atoms with Gasteiger partial charge < -0.3 is 4.74 Å². The Morgan fingerprint density at radius 2 is 1.76 bits per heavy atom. The zero-order chi connectivity index (χ0) is 17.2. The Morgan fingerprint density at radius 3 is 2.48 bits per heavy atom. The fourth-order valence-corrected chi connectivity index (χ4v) is 2.76. The number of nitrogens with zero attached hydrogens (tertiary/aromatic N) is 3. The fraction of sp³-hybridized carbons (Fsp3) is 0.0500. The SMILES string of the molecule is COc1ccc(-c2ccc3c(=O)n(-c4ccccn4)ncc3c2)cc1. The van der Waals surface area contributed by atoms with Gasteiger partial charge in [0.05, 0.1) is 18.7 Å². The summed E-state index contributed by atoms with van der Waals surface area (Å²) in [5.74, 6) is 1.32. The number of aromatic nitrogens is 3. The van der Waals surface area contributed by atoms with E-state index in [0.717, 1.165) is 22.3 Å². The summed E-state index contributed by atoms with van der Waals surface area (Å²) in [7, 11) is 1.64. The van der Waals surface area contributed by atoms with E-state index in [4.69, 9.17) is 4.74 Å². The predicted molar refractivity (Wildman–Crippen MR) is 97.1 cm³/mol. The van der Waals surface area contributed by atoms with E-state index in [0.29, 0.717) is 11.2 Å². The van der Waals surface area contributed by atoms with Crippen molar-refractivity contribution in [2.75, 3.05) is 7.11 Å². The standard InChI is InChI=1S/C20H15N3O2/c1-25-17-8-5-14(6-9-17)15-7-10-18-16(12-15)13-22-23(20(18)24)19-4-2-3-11-21-19/h2-13H,1H3. The number of hydrogen-bond acceptors (Lipinski definition) is 4. The lowest BCUT2D eigenvalue weighted by Gasteiger charge is -2.07. The molecule has 4 rings (SSSR count). The number of rotatable bonds is 3. The van der Waals surface area contributed by atoms with Gasteiger partial charge in [-0.25, -0.2) is 4.98 Å². The molecular formula is C20H15N3O2. The molecule has 2 aromatic heterocycles. The van der Waals surface area contributed by atoms with Crippen LogP contribution in [0.25, 0.3) is 27.7 Å². The van der Waals surface area contributed by atoms with Crippen LogP contribution in [-0.2, 0) is 0 Å². The van der Waals surface area contributed by atoms with Crippen molar-refractivity contribution in [2.45, 2.75) is 0 Å². The van der Waals surface area contributed by atoms with E-state index in [2.05, 4.69) is 10.1 Å². The molecule has 0 saturated carbocycles. The highest BCUT2D eigenvalue weighted by Gasteiger charge is 2.08. The molecule has 0 bridgehead atoms. The summed E-state index contributed by atoms with van der Waals surface area (Å²) in [6.45, 7) is 0. The van der Waals surface area contributed by atoms with Gasteiger partial charge in [-0.05, 0) is 47.5 Å². The van der Waals surface area contributed by atoms with Crippen LogP contribution in [-0.4, -0.2) is 21.9 Å². The van der Waals surface area contributed by atoms with Gasteiger partial charge in [-0.1, -0.05) is 24.3 Å². The number of fused-ring (bicyclic) bond motifs is 1. The van der Waals surface area contributed by atoms with Crippen molar-refractivity contribution in [3.63, 3.8) is 0 Å². The van der Waals surface area contributed by atoms with Crippen molar-refractivity contribution in [3.8, 4) is 22.7 Å². The van der Waals surface area contributed by atoms with Gasteiger partial charge in [0.1, 0.15) is 5.75 Å². The van der Waals surface area contributed by atoms with Gasteiger partial charge >= 0.3 is 0 Å². The van der Waals surface area contributed by atoms with Gasteiger partial charge in [0.2, 0.25) is 0 Å². The summed E-state index contributed by atoms with van der Waals surface area (Å²) in [6.07, 6.45) is 3.33. The molecule has 0 atom stereocenters. The van der Waals surface area contributed by atoms with Crippen LogP contribution in [0.2, 0.25) is 0 Å². The molecule has 0 spiro atoms. The van der Waals surface area contributed by atoms with E-state index in [1.165, 1.54) is 4.68 Å². The summed E-state index contributed by atoms with van der Waals surface area (Å²) >= 11 is 0. The molecule has 5 heteroatoms. The average molecular weight is 329 g/mol. The van der Waals surface area contributed by atoms with Gasteiger partial charge in [-0.15, -0.1) is 0 Å². The van der Waals surface area contributed by atoms with E-state index >= 15 is 0 Å². The van der Waals surface area contributed by atoms with Crippen LogP contribution < -0.4 is 10.3 Å². The van der Waals surface area contributed by atoms with Gasteiger partial charge in [0.15, 0.2) is 5.82 Å². The molecule has 4 aromatic rings. The highest BCUT2D eigenvalue weighted by molar-refractivity contribution is 5.86. The zero-order valence-corrected chi connectivity index (χ0v) is 13.6. The van der Waals surface area contributed by atoms with Gasteiger partial charge in [0, 0.05) is 11.6 Å². The smallest absolute Gasteiger partial charge is 0.280 e. The highest BCUT2D eigenvalue weighted by Crippen LogP contribution is 2.25. The molecule has 2 heterocycles. The zero-order valence-electron chi connectivity index (χ0n) is 13.6. The molecule has 0 amide bonds. The van der Waals surface area contributed by atoms with E-state index in [-0.39, 0.29) is 5.56 Å². The topological polar surface area (TPSA) is 57.0 Å². The summed E-state index contributed by atoms with van der Waals surface area (Å²) in [6, 6.07) is 18.9. The minimum absolute atomic E-state index is 0.183. The van der Waals surface area contributed by atoms with Crippen molar-refractivity contribution in [3.05, 3.63) is 83.4 Å². The van der Waals surface area contributed by atoms with E-state index < -0.39 is 0 Å². The maximum atomic E-state index is 12.7. The first kappa shape index (κ1) is 15.1. The van der Waals surface area contributed by atoms with Crippen LogP contribution in [0.15, 0.2) is 77.9 Å². The van der Waals surface area contributed by atoms with Crippen LogP contribution >= 0.6 is 0 Å². The third kappa shape index (κ3) is 2.76. The molecule has 5 nitrogen and oxygen atoms in total. The van der Waals surface area contributed by atoms with Crippen molar-refractivity contribution in [1.29, 1.82) is 0 Å².